The topological polar surface area (TPSA) is 58.4 Å². The van der Waals surface area contributed by atoms with Crippen molar-refractivity contribution >= 4 is 33.8 Å². The molecular weight excluding hydrogens is 336 g/mol. The van der Waals surface area contributed by atoms with Crippen molar-refractivity contribution < 1.29 is 0 Å². The number of rotatable bonds is 1. The third kappa shape index (κ3) is 2.73. The van der Waals surface area contributed by atoms with Gasteiger partial charge < -0.3 is 10.2 Å². The van der Waals surface area contributed by atoms with Crippen LogP contribution in [0.25, 0.3) is 16.4 Å². The van der Waals surface area contributed by atoms with Gasteiger partial charge in [0.1, 0.15) is 5.82 Å². The maximum Gasteiger partial charge on any atom is 0.224 e. The van der Waals surface area contributed by atoms with Gasteiger partial charge in [0.05, 0.1) is 22.6 Å². The van der Waals surface area contributed by atoms with Crippen LogP contribution in [-0.2, 0) is 0 Å². The number of aryl methyl sites for hydroxylation is 1. The van der Waals surface area contributed by atoms with E-state index in [1.165, 1.54) is 12.8 Å². The zero-order chi connectivity index (χ0) is 17.6. The van der Waals surface area contributed by atoms with Crippen molar-refractivity contribution in [3.05, 3.63) is 29.3 Å². The van der Waals surface area contributed by atoms with E-state index in [9.17, 15) is 0 Å². The monoisotopic (exact) mass is 358 g/mol. The van der Waals surface area contributed by atoms with Gasteiger partial charge in [-0.1, -0.05) is 13.8 Å². The third-order valence-electron chi connectivity index (χ3n) is 4.99. The first-order valence-electron chi connectivity index (χ1n) is 9.00. The van der Waals surface area contributed by atoms with Crippen molar-refractivity contribution in [3.63, 3.8) is 0 Å². The van der Waals surface area contributed by atoms with Crippen LogP contribution in [0.5, 0.6) is 0 Å². The lowest BCUT2D eigenvalue weighted by molar-refractivity contribution is 0.464. The van der Waals surface area contributed by atoms with Crippen LogP contribution >= 0.6 is 11.6 Å². The highest BCUT2D eigenvalue weighted by molar-refractivity contribution is 6.29. The molecule has 5 rings (SSSR count). The third-order valence-corrected chi connectivity index (χ3v) is 5.15. The first-order valence-corrected chi connectivity index (χ1v) is 9.38. The Labute approximate surface area is 152 Å². The number of anilines is 1. The zero-order valence-corrected chi connectivity index (χ0v) is 15.6. The van der Waals surface area contributed by atoms with Gasteiger partial charge in [-0.05, 0) is 43.5 Å². The highest BCUT2D eigenvalue weighted by atomic mass is 35.5. The van der Waals surface area contributed by atoms with Crippen LogP contribution in [0.3, 0.4) is 0 Å². The van der Waals surface area contributed by atoms with Crippen LogP contribution in [0.4, 0.5) is 5.82 Å². The molecule has 0 saturated carbocycles. The molecule has 2 bridgehead atoms. The number of fused-ring (bicyclic) bond motifs is 5. The van der Waals surface area contributed by atoms with Gasteiger partial charge in [-0.3, -0.25) is 0 Å². The molecule has 25 heavy (non-hydrogen) atoms. The van der Waals surface area contributed by atoms with Crippen molar-refractivity contribution in [2.45, 2.75) is 45.7 Å². The normalized spacial score (nSPS) is 22.3. The van der Waals surface area contributed by atoms with Gasteiger partial charge in [0, 0.05) is 30.9 Å². The highest BCUT2D eigenvalue weighted by Crippen LogP contribution is 2.33. The molecule has 2 aliphatic rings. The minimum atomic E-state index is 0.307. The molecule has 0 spiro atoms. The summed E-state index contributed by atoms with van der Waals surface area (Å²) in [7, 11) is 0. The lowest BCUT2D eigenvalue weighted by Gasteiger charge is -2.34. The molecule has 1 N–H and O–H groups in total. The predicted molar refractivity (Wildman–Crippen MR) is 102 cm³/mol. The number of hydrogen-bond acceptors (Lipinski definition) is 5. The summed E-state index contributed by atoms with van der Waals surface area (Å²) in [5.74, 6) is 0.934. The van der Waals surface area contributed by atoms with Crippen LogP contribution in [0.1, 0.15) is 32.4 Å². The number of halogens is 1. The predicted octanol–water partition coefficient (Wildman–Crippen LogP) is 3.21. The van der Waals surface area contributed by atoms with Gasteiger partial charge in [0.25, 0.3) is 0 Å². The van der Waals surface area contributed by atoms with Gasteiger partial charge in [-0.2, -0.15) is 10.1 Å². The molecular formula is C18H23ClN6. The second-order valence-corrected chi connectivity index (χ2v) is 6.87. The van der Waals surface area contributed by atoms with Crippen molar-refractivity contribution in [1.82, 2.24) is 24.9 Å². The Kier molecular flexibility index (Phi) is 4.25. The summed E-state index contributed by atoms with van der Waals surface area (Å²) in [4.78, 5) is 11.4. The first kappa shape index (κ1) is 16.5. The number of aromatic nitrogens is 4. The number of nitrogens with zero attached hydrogens (tertiary/aromatic N) is 5. The Morgan fingerprint density at radius 1 is 1.16 bits per heavy atom. The summed E-state index contributed by atoms with van der Waals surface area (Å²) >= 11 is 6.22. The number of piperazine rings is 1. The largest absolute Gasteiger partial charge is 0.353 e. The minimum Gasteiger partial charge on any atom is -0.353 e. The molecule has 2 aliphatic heterocycles. The van der Waals surface area contributed by atoms with Crippen molar-refractivity contribution in [1.29, 1.82) is 0 Å². The molecule has 6 nitrogen and oxygen atoms in total. The molecule has 7 heteroatoms. The Morgan fingerprint density at radius 2 is 1.88 bits per heavy atom. The molecule has 2 fully saturated rings. The quantitative estimate of drug-likeness (QED) is 0.677. The van der Waals surface area contributed by atoms with E-state index >= 15 is 0 Å². The molecule has 3 aromatic rings. The van der Waals surface area contributed by atoms with Gasteiger partial charge in [0.2, 0.25) is 5.28 Å². The number of pyridine rings is 1. The average molecular weight is 359 g/mol. The van der Waals surface area contributed by atoms with Crippen LogP contribution < -0.4 is 10.2 Å². The smallest absolute Gasteiger partial charge is 0.224 e. The molecule has 2 unspecified atom stereocenters. The summed E-state index contributed by atoms with van der Waals surface area (Å²) in [6.07, 6.45) is 4.29. The van der Waals surface area contributed by atoms with E-state index in [1.807, 2.05) is 43.6 Å². The summed E-state index contributed by atoms with van der Waals surface area (Å²) in [5, 5.41) is 9.42. The minimum absolute atomic E-state index is 0.307. The highest BCUT2D eigenvalue weighted by Gasteiger charge is 2.33. The fourth-order valence-corrected chi connectivity index (χ4v) is 4.19. The summed E-state index contributed by atoms with van der Waals surface area (Å²) in [6, 6.07) is 5.14. The molecule has 0 aromatic carbocycles. The first-order chi connectivity index (χ1) is 12.2. The Bertz CT molecular complexity index is 909. The summed E-state index contributed by atoms with van der Waals surface area (Å²) < 4.78 is 1.94. The Morgan fingerprint density at radius 3 is 2.60 bits per heavy atom. The van der Waals surface area contributed by atoms with Crippen LogP contribution in [0.2, 0.25) is 5.28 Å². The average Bonchev–Trinajstić information content (AvgIpc) is 3.23. The molecule has 0 radical (unpaired) electrons. The second kappa shape index (κ2) is 6.42. The van der Waals surface area contributed by atoms with Gasteiger partial charge in [0.15, 0.2) is 0 Å². The van der Waals surface area contributed by atoms with E-state index in [2.05, 4.69) is 25.3 Å². The zero-order valence-electron chi connectivity index (χ0n) is 14.8. The molecule has 3 aromatic heterocycles. The second-order valence-electron chi connectivity index (χ2n) is 6.53. The molecule has 0 aliphatic carbocycles. The molecule has 2 saturated heterocycles. The molecule has 5 heterocycles. The Hall–Kier alpha value is -1.92. The maximum atomic E-state index is 6.22. The van der Waals surface area contributed by atoms with Gasteiger partial charge in [-0.15, -0.1) is 0 Å². The standard InChI is InChI=1S/C16H17ClN6.C2H6/c1-9-6-12-14(13-4-5-18-23(9)13)15(21-16(17)20-12)22-7-10-2-3-11(8-22)19-10;1-2/h4-6,10-11,19H,2-3,7-8H2,1H3;1-2H3. The number of hydrogen-bond donors (Lipinski definition) is 1. The van der Waals surface area contributed by atoms with E-state index in [0.717, 1.165) is 41.0 Å². The fourth-order valence-electron chi connectivity index (χ4n) is 4.02. The van der Waals surface area contributed by atoms with Crippen molar-refractivity contribution in [2.75, 3.05) is 18.0 Å². The van der Waals surface area contributed by atoms with E-state index in [-0.39, 0.29) is 0 Å². The Balaban J connectivity index is 0.000000758. The summed E-state index contributed by atoms with van der Waals surface area (Å²) in [6.45, 7) is 7.96. The van der Waals surface area contributed by atoms with E-state index < -0.39 is 0 Å². The van der Waals surface area contributed by atoms with E-state index in [0.29, 0.717) is 17.4 Å². The van der Waals surface area contributed by atoms with Crippen molar-refractivity contribution in [3.8, 4) is 0 Å². The van der Waals surface area contributed by atoms with E-state index in [4.69, 9.17) is 11.6 Å². The van der Waals surface area contributed by atoms with Crippen molar-refractivity contribution in [2.24, 2.45) is 0 Å². The van der Waals surface area contributed by atoms with Crippen LogP contribution in [0, 0.1) is 6.92 Å². The summed E-state index contributed by atoms with van der Waals surface area (Å²) in [5.41, 5.74) is 2.97. The molecule has 2 atom stereocenters. The fraction of sp³-hybridized carbons (Fsp3) is 0.500. The maximum absolute atomic E-state index is 6.22. The lowest BCUT2D eigenvalue weighted by atomic mass is 10.1. The SMILES string of the molecule is CC.Cc1cc2nc(Cl)nc(N3CC4CCC(C3)N4)c2c2ccnn12. The van der Waals surface area contributed by atoms with Gasteiger partial charge in [-0.25, -0.2) is 9.50 Å². The molecule has 132 valence electrons. The van der Waals surface area contributed by atoms with Crippen LogP contribution in [0.15, 0.2) is 18.3 Å². The van der Waals surface area contributed by atoms with Crippen LogP contribution in [-0.4, -0.2) is 44.8 Å². The number of nitrogens with one attached hydrogen (secondary N) is 1. The van der Waals surface area contributed by atoms with Gasteiger partial charge >= 0.3 is 0 Å². The lowest BCUT2D eigenvalue weighted by Crippen LogP contribution is -2.51. The van der Waals surface area contributed by atoms with E-state index in [1.54, 1.807) is 0 Å². The molecule has 0 amide bonds.